The third kappa shape index (κ3) is 2.90. The van der Waals surface area contributed by atoms with Gasteiger partial charge in [0.05, 0.1) is 17.9 Å². The smallest absolute Gasteiger partial charge is 0.246 e. The van der Waals surface area contributed by atoms with E-state index in [4.69, 9.17) is 0 Å². The van der Waals surface area contributed by atoms with Gasteiger partial charge >= 0.3 is 0 Å². The van der Waals surface area contributed by atoms with E-state index in [9.17, 15) is 9.90 Å². The maximum Gasteiger partial charge on any atom is 0.246 e. The minimum absolute atomic E-state index is 0.00866. The van der Waals surface area contributed by atoms with Gasteiger partial charge in [0, 0.05) is 11.8 Å². The second kappa shape index (κ2) is 5.37. The molecule has 0 radical (unpaired) electrons. The van der Waals surface area contributed by atoms with Crippen molar-refractivity contribution in [1.29, 1.82) is 0 Å². The van der Waals surface area contributed by atoms with E-state index < -0.39 is 5.60 Å². The van der Waals surface area contributed by atoms with Crippen molar-refractivity contribution < 1.29 is 9.90 Å². The van der Waals surface area contributed by atoms with Gasteiger partial charge in [0.25, 0.3) is 0 Å². The summed E-state index contributed by atoms with van der Waals surface area (Å²) in [6, 6.07) is 9.76. The zero-order chi connectivity index (χ0) is 14.9. The molecule has 1 amide bonds. The van der Waals surface area contributed by atoms with Gasteiger partial charge in [-0.05, 0) is 19.4 Å². The SMILES string of the molecule is C[C@@H]1C(=O)N(Cc2ccccc2)N=C(C(C)(C)O)[C@H]1C. The monoisotopic (exact) mass is 274 g/mol. The van der Waals surface area contributed by atoms with Crippen LogP contribution in [-0.2, 0) is 11.3 Å². The summed E-state index contributed by atoms with van der Waals surface area (Å²) in [4.78, 5) is 12.3. The molecule has 4 heteroatoms. The van der Waals surface area contributed by atoms with Crippen LogP contribution in [0.15, 0.2) is 35.4 Å². The molecular formula is C16H22N2O2. The predicted molar refractivity (Wildman–Crippen MR) is 79.1 cm³/mol. The molecule has 1 aromatic carbocycles. The van der Waals surface area contributed by atoms with Gasteiger partial charge in [0.15, 0.2) is 0 Å². The quantitative estimate of drug-likeness (QED) is 0.920. The number of hydrogen-bond acceptors (Lipinski definition) is 3. The lowest BCUT2D eigenvalue weighted by molar-refractivity contribution is -0.137. The van der Waals surface area contributed by atoms with E-state index in [-0.39, 0.29) is 17.7 Å². The molecule has 0 fully saturated rings. The second-order valence-electron chi connectivity index (χ2n) is 6.00. The summed E-state index contributed by atoms with van der Waals surface area (Å²) in [6.45, 7) is 7.71. The predicted octanol–water partition coefficient (Wildman–Crippen LogP) is 2.43. The van der Waals surface area contributed by atoms with Gasteiger partial charge in [-0.25, -0.2) is 5.01 Å². The lowest BCUT2D eigenvalue weighted by Gasteiger charge is -2.36. The largest absolute Gasteiger partial charge is 0.384 e. The summed E-state index contributed by atoms with van der Waals surface area (Å²) < 4.78 is 0. The Kier molecular flexibility index (Phi) is 3.95. The van der Waals surface area contributed by atoms with E-state index >= 15 is 0 Å². The van der Waals surface area contributed by atoms with E-state index in [1.807, 2.05) is 44.2 Å². The molecule has 0 saturated heterocycles. The van der Waals surface area contributed by atoms with Gasteiger partial charge in [-0.1, -0.05) is 44.2 Å². The van der Waals surface area contributed by atoms with Gasteiger partial charge in [-0.2, -0.15) is 5.10 Å². The summed E-state index contributed by atoms with van der Waals surface area (Å²) in [5.74, 6) is -0.207. The highest BCUT2D eigenvalue weighted by Gasteiger charge is 2.39. The fraction of sp³-hybridized carbons (Fsp3) is 0.500. The van der Waals surface area contributed by atoms with Crippen LogP contribution in [0, 0.1) is 11.8 Å². The first-order chi connectivity index (χ1) is 9.30. The van der Waals surface area contributed by atoms with Crippen LogP contribution in [0.5, 0.6) is 0 Å². The maximum atomic E-state index is 12.3. The normalized spacial score (nSPS) is 23.8. The molecule has 1 N–H and O–H groups in total. The Balaban J connectivity index is 2.31. The summed E-state index contributed by atoms with van der Waals surface area (Å²) in [6.07, 6.45) is 0. The second-order valence-corrected chi connectivity index (χ2v) is 6.00. The minimum atomic E-state index is -1.01. The average Bonchev–Trinajstić information content (AvgIpc) is 2.39. The molecule has 1 aromatic rings. The fourth-order valence-electron chi connectivity index (χ4n) is 2.51. The third-order valence-corrected chi connectivity index (χ3v) is 3.86. The van der Waals surface area contributed by atoms with Gasteiger partial charge < -0.3 is 5.11 Å². The van der Waals surface area contributed by atoms with Crippen molar-refractivity contribution in [2.24, 2.45) is 16.9 Å². The highest BCUT2D eigenvalue weighted by atomic mass is 16.3. The van der Waals surface area contributed by atoms with Gasteiger partial charge in [0.1, 0.15) is 0 Å². The van der Waals surface area contributed by atoms with E-state index in [2.05, 4.69) is 5.10 Å². The molecular weight excluding hydrogens is 252 g/mol. The Morgan fingerprint density at radius 2 is 1.80 bits per heavy atom. The Bertz CT molecular complexity index is 517. The van der Waals surface area contributed by atoms with Crippen LogP contribution in [0.2, 0.25) is 0 Å². The van der Waals surface area contributed by atoms with E-state index in [1.54, 1.807) is 13.8 Å². The number of hydrazone groups is 1. The molecule has 1 aliphatic rings. The average molecular weight is 274 g/mol. The van der Waals surface area contributed by atoms with Crippen LogP contribution in [0.4, 0.5) is 0 Å². The molecule has 0 bridgehead atoms. The first kappa shape index (κ1) is 14.7. The zero-order valence-electron chi connectivity index (χ0n) is 12.5. The van der Waals surface area contributed by atoms with E-state index in [0.717, 1.165) is 5.56 Å². The number of benzene rings is 1. The molecule has 2 atom stereocenters. The molecule has 0 spiro atoms. The van der Waals surface area contributed by atoms with Crippen LogP contribution in [0.3, 0.4) is 0 Å². The van der Waals surface area contributed by atoms with E-state index in [1.165, 1.54) is 5.01 Å². The maximum absolute atomic E-state index is 12.3. The summed E-state index contributed by atoms with van der Waals surface area (Å²) >= 11 is 0. The van der Waals surface area contributed by atoms with Gasteiger partial charge in [-0.15, -0.1) is 0 Å². The van der Waals surface area contributed by atoms with Crippen molar-refractivity contribution in [2.75, 3.05) is 0 Å². The Hall–Kier alpha value is -1.68. The first-order valence-electron chi connectivity index (χ1n) is 6.97. The lowest BCUT2D eigenvalue weighted by Crippen LogP contribution is -2.48. The van der Waals surface area contributed by atoms with Crippen LogP contribution in [-0.4, -0.2) is 27.3 Å². The molecule has 108 valence electrons. The fourth-order valence-corrected chi connectivity index (χ4v) is 2.51. The summed E-state index contributed by atoms with van der Waals surface area (Å²) in [5.41, 5.74) is 0.686. The van der Waals surface area contributed by atoms with Gasteiger partial charge in [-0.3, -0.25) is 4.79 Å². The molecule has 0 aromatic heterocycles. The zero-order valence-corrected chi connectivity index (χ0v) is 12.5. The Morgan fingerprint density at radius 1 is 1.20 bits per heavy atom. The molecule has 0 aliphatic carbocycles. The molecule has 4 nitrogen and oxygen atoms in total. The summed E-state index contributed by atoms with van der Waals surface area (Å²) in [5, 5.41) is 16.1. The third-order valence-electron chi connectivity index (χ3n) is 3.86. The van der Waals surface area contributed by atoms with Crippen molar-refractivity contribution >= 4 is 11.6 Å². The number of carbonyl (C=O) groups is 1. The van der Waals surface area contributed by atoms with Crippen molar-refractivity contribution in [3.05, 3.63) is 35.9 Å². The van der Waals surface area contributed by atoms with Crippen LogP contribution in [0.1, 0.15) is 33.3 Å². The van der Waals surface area contributed by atoms with Crippen molar-refractivity contribution in [1.82, 2.24) is 5.01 Å². The van der Waals surface area contributed by atoms with Crippen LogP contribution < -0.4 is 0 Å². The van der Waals surface area contributed by atoms with Crippen molar-refractivity contribution in [3.8, 4) is 0 Å². The van der Waals surface area contributed by atoms with Crippen LogP contribution in [0.25, 0.3) is 0 Å². The molecule has 0 unspecified atom stereocenters. The molecule has 1 aliphatic heterocycles. The topological polar surface area (TPSA) is 52.9 Å². The number of hydrogen-bond donors (Lipinski definition) is 1. The minimum Gasteiger partial charge on any atom is -0.384 e. The molecule has 0 saturated carbocycles. The number of rotatable bonds is 3. The van der Waals surface area contributed by atoms with Crippen molar-refractivity contribution in [2.45, 2.75) is 39.8 Å². The standard InChI is InChI=1S/C16H22N2O2/c1-11-12(2)15(19)18(17-14(11)16(3,4)20)10-13-8-6-5-7-9-13/h5-9,11-12,20H,10H2,1-4H3/t11-,12-/m0/s1. The molecule has 1 heterocycles. The molecule has 2 rings (SSSR count). The lowest BCUT2D eigenvalue weighted by atomic mass is 9.82. The highest BCUT2D eigenvalue weighted by Crippen LogP contribution is 2.28. The number of aliphatic hydroxyl groups is 1. The first-order valence-corrected chi connectivity index (χ1v) is 6.97. The Morgan fingerprint density at radius 3 is 2.35 bits per heavy atom. The van der Waals surface area contributed by atoms with Crippen LogP contribution >= 0.6 is 0 Å². The van der Waals surface area contributed by atoms with Gasteiger partial charge in [0.2, 0.25) is 5.91 Å². The number of nitrogens with zero attached hydrogens (tertiary/aromatic N) is 2. The summed E-state index contributed by atoms with van der Waals surface area (Å²) in [7, 11) is 0. The van der Waals surface area contributed by atoms with Crippen molar-refractivity contribution in [3.63, 3.8) is 0 Å². The number of carbonyl (C=O) groups excluding carboxylic acids is 1. The number of amides is 1. The van der Waals surface area contributed by atoms with E-state index in [0.29, 0.717) is 12.3 Å². The highest BCUT2D eigenvalue weighted by molar-refractivity contribution is 5.99. The Labute approximate surface area is 120 Å². The molecule has 20 heavy (non-hydrogen) atoms.